The molecule has 1 aliphatic rings. The molecule has 25 heavy (non-hydrogen) atoms. The fraction of sp³-hybridized carbons (Fsp3) is 0.217. The molecule has 126 valence electrons. The molecule has 3 aromatic rings. The highest BCUT2D eigenvalue weighted by molar-refractivity contribution is 5.35. The van der Waals surface area contributed by atoms with Gasteiger partial charge >= 0.3 is 0 Å². The van der Waals surface area contributed by atoms with Crippen molar-refractivity contribution < 1.29 is 5.11 Å². The quantitative estimate of drug-likeness (QED) is 0.727. The van der Waals surface area contributed by atoms with E-state index in [0.29, 0.717) is 11.8 Å². The molecule has 1 N–H and O–H groups in total. The van der Waals surface area contributed by atoms with Gasteiger partial charge in [-0.05, 0) is 35.6 Å². The fourth-order valence-electron chi connectivity index (χ4n) is 3.80. The van der Waals surface area contributed by atoms with E-state index in [0.717, 1.165) is 18.5 Å². The summed E-state index contributed by atoms with van der Waals surface area (Å²) in [5.41, 5.74) is 3.70. The molecule has 0 unspecified atom stereocenters. The van der Waals surface area contributed by atoms with Gasteiger partial charge in [-0.3, -0.25) is 4.90 Å². The van der Waals surface area contributed by atoms with Crippen molar-refractivity contribution in [3.8, 4) is 5.75 Å². The van der Waals surface area contributed by atoms with Gasteiger partial charge in [0, 0.05) is 12.6 Å². The molecule has 0 saturated carbocycles. The maximum atomic E-state index is 10.1. The highest BCUT2D eigenvalue weighted by atomic mass is 16.3. The first-order chi connectivity index (χ1) is 12.3. The summed E-state index contributed by atoms with van der Waals surface area (Å²) in [6.07, 6.45) is 2.06. The average molecular weight is 329 g/mol. The number of para-hydroxylation sites is 1. The van der Waals surface area contributed by atoms with Gasteiger partial charge in [-0.15, -0.1) is 0 Å². The number of benzene rings is 3. The Morgan fingerprint density at radius 1 is 0.800 bits per heavy atom. The van der Waals surface area contributed by atoms with E-state index in [2.05, 4.69) is 65.6 Å². The Bertz CT molecular complexity index is 776. The fourth-order valence-corrected chi connectivity index (χ4v) is 3.80. The minimum atomic E-state index is 0.270. The predicted molar refractivity (Wildman–Crippen MR) is 102 cm³/mol. The summed E-state index contributed by atoms with van der Waals surface area (Å²) in [7, 11) is 0. The van der Waals surface area contributed by atoms with Crippen LogP contribution < -0.4 is 0 Å². The second-order valence-electron chi connectivity index (χ2n) is 6.74. The second-order valence-corrected chi connectivity index (χ2v) is 6.74. The minimum Gasteiger partial charge on any atom is -0.508 e. The lowest BCUT2D eigenvalue weighted by atomic mass is 9.87. The Balaban J connectivity index is 1.63. The summed E-state index contributed by atoms with van der Waals surface area (Å²) in [5, 5.41) is 10.1. The van der Waals surface area contributed by atoms with Crippen LogP contribution in [0.25, 0.3) is 0 Å². The van der Waals surface area contributed by atoms with Crippen molar-refractivity contribution in [3.63, 3.8) is 0 Å². The van der Waals surface area contributed by atoms with Crippen LogP contribution in [0.3, 0.4) is 0 Å². The summed E-state index contributed by atoms with van der Waals surface area (Å²) >= 11 is 0. The molecule has 0 aromatic heterocycles. The number of rotatable bonds is 5. The number of nitrogens with zero attached hydrogens (tertiary/aromatic N) is 1. The SMILES string of the molecule is Oc1ccccc1C[C@@H]1CCN1C(c1ccccc1)c1ccccc1. The molecule has 0 radical (unpaired) electrons. The van der Waals surface area contributed by atoms with E-state index in [4.69, 9.17) is 0 Å². The van der Waals surface area contributed by atoms with Crippen molar-refractivity contribution in [1.82, 2.24) is 4.90 Å². The van der Waals surface area contributed by atoms with Crippen molar-refractivity contribution in [2.45, 2.75) is 24.9 Å². The number of aromatic hydroxyl groups is 1. The molecule has 0 bridgehead atoms. The molecule has 2 nitrogen and oxygen atoms in total. The first-order valence-corrected chi connectivity index (χ1v) is 8.95. The van der Waals surface area contributed by atoms with Crippen LogP contribution in [0.15, 0.2) is 84.9 Å². The average Bonchev–Trinajstić information content (AvgIpc) is 2.66. The number of hydrogen-bond acceptors (Lipinski definition) is 2. The van der Waals surface area contributed by atoms with Crippen LogP contribution >= 0.6 is 0 Å². The van der Waals surface area contributed by atoms with Crippen LogP contribution in [0.5, 0.6) is 5.75 Å². The van der Waals surface area contributed by atoms with Gasteiger partial charge in [0.25, 0.3) is 0 Å². The summed E-state index contributed by atoms with van der Waals surface area (Å²) < 4.78 is 0. The molecular formula is C23H23NO. The monoisotopic (exact) mass is 329 g/mol. The number of likely N-dealkylation sites (tertiary alicyclic amines) is 1. The third kappa shape index (κ3) is 3.31. The maximum absolute atomic E-state index is 10.1. The van der Waals surface area contributed by atoms with Gasteiger partial charge in [0.2, 0.25) is 0 Å². The van der Waals surface area contributed by atoms with E-state index in [1.165, 1.54) is 17.5 Å². The lowest BCUT2D eigenvalue weighted by Gasteiger charge is -2.47. The van der Waals surface area contributed by atoms with Crippen molar-refractivity contribution in [2.75, 3.05) is 6.54 Å². The van der Waals surface area contributed by atoms with Gasteiger partial charge in [0.1, 0.15) is 5.75 Å². The van der Waals surface area contributed by atoms with Gasteiger partial charge in [-0.1, -0.05) is 78.9 Å². The minimum absolute atomic E-state index is 0.270. The zero-order valence-electron chi connectivity index (χ0n) is 14.3. The molecule has 2 heteroatoms. The van der Waals surface area contributed by atoms with Crippen molar-refractivity contribution in [1.29, 1.82) is 0 Å². The smallest absolute Gasteiger partial charge is 0.118 e. The van der Waals surface area contributed by atoms with Gasteiger partial charge in [0.15, 0.2) is 0 Å². The van der Waals surface area contributed by atoms with Gasteiger partial charge in [0.05, 0.1) is 6.04 Å². The normalized spacial score (nSPS) is 17.4. The third-order valence-electron chi connectivity index (χ3n) is 5.20. The van der Waals surface area contributed by atoms with E-state index in [9.17, 15) is 5.11 Å². The Labute approximate surface area is 149 Å². The number of phenols is 1. The third-order valence-corrected chi connectivity index (χ3v) is 5.20. The van der Waals surface area contributed by atoms with Crippen LogP contribution in [0.4, 0.5) is 0 Å². The topological polar surface area (TPSA) is 23.5 Å². The summed E-state index contributed by atoms with van der Waals surface area (Å²) in [6, 6.07) is 29.9. The largest absolute Gasteiger partial charge is 0.508 e. The van der Waals surface area contributed by atoms with Crippen LogP contribution in [0, 0.1) is 0 Å². The van der Waals surface area contributed by atoms with Gasteiger partial charge in [-0.25, -0.2) is 0 Å². The van der Waals surface area contributed by atoms with E-state index in [1.807, 2.05) is 18.2 Å². The lowest BCUT2D eigenvalue weighted by Crippen LogP contribution is -2.50. The summed E-state index contributed by atoms with van der Waals surface area (Å²) in [5.74, 6) is 0.408. The van der Waals surface area contributed by atoms with Crippen LogP contribution in [0.2, 0.25) is 0 Å². The Hall–Kier alpha value is -2.58. The van der Waals surface area contributed by atoms with E-state index < -0.39 is 0 Å². The van der Waals surface area contributed by atoms with Gasteiger partial charge in [-0.2, -0.15) is 0 Å². The molecule has 3 aromatic carbocycles. The van der Waals surface area contributed by atoms with E-state index in [-0.39, 0.29) is 6.04 Å². The maximum Gasteiger partial charge on any atom is 0.118 e. The highest BCUT2D eigenvalue weighted by Crippen LogP contribution is 2.37. The molecule has 1 atom stereocenters. The molecule has 1 aliphatic heterocycles. The molecule has 0 aliphatic carbocycles. The second kappa shape index (κ2) is 7.12. The van der Waals surface area contributed by atoms with E-state index >= 15 is 0 Å². The molecule has 1 fully saturated rings. The highest BCUT2D eigenvalue weighted by Gasteiger charge is 2.35. The first kappa shape index (κ1) is 15.9. The molecule has 1 heterocycles. The molecule has 0 amide bonds. The summed E-state index contributed by atoms with van der Waals surface area (Å²) in [4.78, 5) is 2.57. The molecule has 0 spiro atoms. The van der Waals surface area contributed by atoms with Crippen LogP contribution in [0.1, 0.15) is 29.2 Å². The zero-order valence-corrected chi connectivity index (χ0v) is 14.3. The summed E-state index contributed by atoms with van der Waals surface area (Å²) in [6.45, 7) is 1.09. The molecule has 4 rings (SSSR count). The van der Waals surface area contributed by atoms with Crippen molar-refractivity contribution in [2.24, 2.45) is 0 Å². The van der Waals surface area contributed by atoms with Crippen molar-refractivity contribution in [3.05, 3.63) is 102 Å². The Kier molecular flexibility index (Phi) is 4.53. The first-order valence-electron chi connectivity index (χ1n) is 8.95. The predicted octanol–water partition coefficient (Wildman–Crippen LogP) is 4.80. The Morgan fingerprint density at radius 3 is 1.88 bits per heavy atom. The molecular weight excluding hydrogens is 306 g/mol. The van der Waals surface area contributed by atoms with Crippen LogP contribution in [-0.4, -0.2) is 22.6 Å². The van der Waals surface area contributed by atoms with Crippen molar-refractivity contribution >= 4 is 0 Å². The Morgan fingerprint density at radius 2 is 1.36 bits per heavy atom. The molecule has 1 saturated heterocycles. The zero-order chi connectivity index (χ0) is 17.1. The van der Waals surface area contributed by atoms with Gasteiger partial charge < -0.3 is 5.11 Å². The standard InChI is InChI=1S/C23H23NO/c25-22-14-8-7-13-20(22)17-21-15-16-24(21)23(18-9-3-1-4-10-18)19-11-5-2-6-12-19/h1-14,21,23,25H,15-17H2/t21-/m0/s1. The van der Waals surface area contributed by atoms with Crippen LogP contribution in [-0.2, 0) is 6.42 Å². The number of hydrogen-bond donors (Lipinski definition) is 1. The number of phenolic OH excluding ortho intramolecular Hbond substituents is 1. The lowest BCUT2D eigenvalue weighted by molar-refractivity contribution is 0.0571. The van der Waals surface area contributed by atoms with E-state index in [1.54, 1.807) is 6.07 Å².